The monoisotopic (exact) mass is 1140 g/mol. The second kappa shape index (κ2) is 29.7. The molecule has 9 aromatic rings. The minimum Gasteiger partial charge on any atom is -0.481 e. The summed E-state index contributed by atoms with van der Waals surface area (Å²) in [6, 6.07) is 61.0. The molecule has 0 bridgehead atoms. The van der Waals surface area contributed by atoms with E-state index in [9.17, 15) is 34.8 Å². The van der Waals surface area contributed by atoms with Crippen LogP contribution in [-0.2, 0) is 35.1 Å². The van der Waals surface area contributed by atoms with E-state index in [1.807, 2.05) is 153 Å². The number of methoxy groups -OCH3 is 2. The molecule has 0 aliphatic rings. The van der Waals surface area contributed by atoms with Crippen molar-refractivity contribution in [2.24, 2.45) is 0 Å². The summed E-state index contributed by atoms with van der Waals surface area (Å²) in [4.78, 5) is 54.0. The van der Waals surface area contributed by atoms with E-state index in [1.54, 1.807) is 80.6 Å². The Morgan fingerprint density at radius 1 is 0.476 bits per heavy atom. The van der Waals surface area contributed by atoms with Crippen molar-refractivity contribution >= 4 is 23.9 Å². The van der Waals surface area contributed by atoms with Crippen LogP contribution in [0.1, 0.15) is 62.1 Å². The molecule has 0 aliphatic heterocycles. The van der Waals surface area contributed by atoms with Gasteiger partial charge in [-0.25, -0.2) is 29.3 Å². The standard InChI is InChI=1S/C23H24N2O6.C21H21N3O2.C21H20N2O4/c1-16-15-19(29-2)25-22(24-16)31-20(21(27)28)23(30-14-13-26,17-9-5-3-6-10-17)18-11-7-4-8-12-18;1-14-13-15(2)23-21(22-14)24-19(20(25)26)18(16-9-5-3-6-10-16)17-11-7-4-8-12-17;1-15-13-14-18(23-22-15)27-19(20(24)25)21(26-2,16-9-5-3-6-10-16)17-11-7-4-8-12-17/h3-12,15,20,26H,13-14H2,1-2H3,(H,27,28);3-13,18-19H,1-2H3,(H,25,26)(H,22,23,24);3-14,19H,1-2H3,(H,24,25)/t20-;2*19-/m101/s1. The number of carboxylic acid groups (broad SMARTS) is 3. The zero-order valence-electron chi connectivity index (χ0n) is 47.1. The number of anilines is 1. The topological polar surface area (TPSA) is 268 Å². The summed E-state index contributed by atoms with van der Waals surface area (Å²) in [7, 11) is 2.92. The molecule has 0 radical (unpaired) electrons. The zero-order chi connectivity index (χ0) is 60.1. The minimum atomic E-state index is -1.59. The Hall–Kier alpha value is -9.95. The van der Waals surface area contributed by atoms with Gasteiger partial charge in [-0.2, -0.15) is 10.1 Å². The van der Waals surface area contributed by atoms with Gasteiger partial charge in [-0.3, -0.25) is 0 Å². The van der Waals surface area contributed by atoms with Crippen LogP contribution in [0.5, 0.6) is 17.8 Å². The highest BCUT2D eigenvalue weighted by atomic mass is 16.6. The summed E-state index contributed by atoms with van der Waals surface area (Å²) in [6.07, 6.45) is -2.96. The van der Waals surface area contributed by atoms with Crippen molar-refractivity contribution in [2.45, 2.75) is 63.1 Å². The van der Waals surface area contributed by atoms with Crippen molar-refractivity contribution in [3.05, 3.63) is 262 Å². The molecule has 0 saturated carbocycles. The van der Waals surface area contributed by atoms with E-state index >= 15 is 0 Å². The summed E-state index contributed by atoms with van der Waals surface area (Å²) >= 11 is 0. The Morgan fingerprint density at radius 2 is 0.905 bits per heavy atom. The van der Waals surface area contributed by atoms with Gasteiger partial charge in [0, 0.05) is 42.2 Å². The van der Waals surface area contributed by atoms with Gasteiger partial charge < -0.3 is 49.4 Å². The lowest BCUT2D eigenvalue weighted by Gasteiger charge is -2.38. The molecule has 0 saturated heterocycles. The third-order valence-electron chi connectivity index (χ3n) is 13.2. The fraction of sp³-hybridized carbons (Fsp3) is 0.215. The van der Waals surface area contributed by atoms with E-state index < -0.39 is 47.4 Å². The van der Waals surface area contributed by atoms with Gasteiger partial charge in [0.2, 0.25) is 29.9 Å². The van der Waals surface area contributed by atoms with Crippen molar-refractivity contribution < 1.29 is 58.5 Å². The van der Waals surface area contributed by atoms with Gasteiger partial charge in [-0.1, -0.05) is 182 Å². The van der Waals surface area contributed by atoms with E-state index in [0.29, 0.717) is 39.6 Å². The number of aromatic nitrogens is 6. The fourth-order valence-electron chi connectivity index (χ4n) is 9.55. The van der Waals surface area contributed by atoms with Gasteiger partial charge in [-0.05, 0) is 73.2 Å². The number of aliphatic carboxylic acids is 3. The highest BCUT2D eigenvalue weighted by Crippen LogP contribution is 2.41. The maximum Gasteiger partial charge on any atom is 0.348 e. The number of ether oxygens (including phenoxy) is 5. The van der Waals surface area contributed by atoms with Gasteiger partial charge in [0.05, 0.1) is 26.0 Å². The highest BCUT2D eigenvalue weighted by molar-refractivity contribution is 5.79. The lowest BCUT2D eigenvalue weighted by Crippen LogP contribution is -2.51. The number of hydrogen-bond acceptors (Lipinski definition) is 16. The van der Waals surface area contributed by atoms with Crippen molar-refractivity contribution in [3.63, 3.8) is 0 Å². The maximum atomic E-state index is 12.5. The van der Waals surface area contributed by atoms with Crippen LogP contribution in [0.15, 0.2) is 206 Å². The van der Waals surface area contributed by atoms with Crippen LogP contribution >= 0.6 is 0 Å². The van der Waals surface area contributed by atoms with Crippen LogP contribution in [0.4, 0.5) is 5.95 Å². The van der Waals surface area contributed by atoms with Gasteiger partial charge in [0.1, 0.15) is 6.04 Å². The number of carbonyl (C=O) groups is 3. The van der Waals surface area contributed by atoms with Gasteiger partial charge in [0.25, 0.3) is 0 Å². The molecular formula is C65H65N7O12. The molecule has 0 amide bonds. The molecule has 0 unspecified atom stereocenters. The minimum absolute atomic E-state index is 0.112. The number of nitrogens with one attached hydrogen (secondary N) is 1. The first-order valence-corrected chi connectivity index (χ1v) is 26.6. The molecule has 3 aromatic heterocycles. The molecule has 9 rings (SSSR count). The van der Waals surface area contributed by atoms with Crippen molar-refractivity contribution in [3.8, 4) is 17.8 Å². The van der Waals surface area contributed by atoms with Crippen LogP contribution < -0.4 is 19.5 Å². The molecule has 5 N–H and O–H groups in total. The smallest absolute Gasteiger partial charge is 0.348 e. The molecule has 0 spiro atoms. The Morgan fingerprint density at radius 3 is 1.30 bits per heavy atom. The normalized spacial score (nSPS) is 12.2. The molecule has 3 atom stereocenters. The summed E-state index contributed by atoms with van der Waals surface area (Å²) < 4.78 is 28.8. The Kier molecular flexibility index (Phi) is 21.8. The molecule has 19 nitrogen and oxygen atoms in total. The number of nitrogens with zero attached hydrogens (tertiary/aromatic N) is 6. The number of benzene rings is 6. The van der Waals surface area contributed by atoms with Crippen molar-refractivity contribution in [1.29, 1.82) is 0 Å². The first kappa shape index (κ1) is 61.7. The SMILES string of the molecule is COC(c1ccccc1)(c1ccccc1)[C@H](Oc1ccc(C)nn1)C(=O)O.COc1cc(C)nc(O[C@H](C(=O)O)C(OCCO)(c2ccccc2)c2ccccc2)n1.Cc1cc(C)nc(N[C@H](C(=O)O)C(c2ccccc2)c2ccccc2)n1. The number of aryl methyl sites for hydroxylation is 4. The first-order valence-electron chi connectivity index (χ1n) is 26.6. The Labute approximate surface area is 486 Å². The summed E-state index contributed by atoms with van der Waals surface area (Å²) in [5, 5.41) is 50.6. The second-order valence-electron chi connectivity index (χ2n) is 19.0. The third-order valence-corrected chi connectivity index (χ3v) is 13.2. The van der Waals surface area contributed by atoms with Crippen molar-refractivity contribution in [2.75, 3.05) is 32.8 Å². The largest absolute Gasteiger partial charge is 0.481 e. The average molecular weight is 1140 g/mol. The zero-order valence-corrected chi connectivity index (χ0v) is 47.1. The summed E-state index contributed by atoms with van der Waals surface area (Å²) in [5.41, 5.74) is 4.12. The highest BCUT2D eigenvalue weighted by Gasteiger charge is 2.51. The summed E-state index contributed by atoms with van der Waals surface area (Å²) in [5.74, 6) is -3.10. The lowest BCUT2D eigenvalue weighted by atomic mass is 9.81. The van der Waals surface area contributed by atoms with Gasteiger partial charge >= 0.3 is 23.9 Å². The van der Waals surface area contributed by atoms with E-state index in [1.165, 1.54) is 14.2 Å². The predicted octanol–water partition coefficient (Wildman–Crippen LogP) is 9.58. The number of aliphatic hydroxyl groups excluding tert-OH is 1. The lowest BCUT2D eigenvalue weighted by molar-refractivity contribution is -0.165. The summed E-state index contributed by atoms with van der Waals surface area (Å²) in [6.45, 7) is 6.82. The Balaban J connectivity index is 0.000000182. The first-order chi connectivity index (χ1) is 40.6. The molecule has 0 fully saturated rings. The molecule has 19 heteroatoms. The third kappa shape index (κ3) is 15.3. The average Bonchev–Trinajstić information content (AvgIpc) is 2.35. The van der Waals surface area contributed by atoms with Gasteiger partial charge in [-0.15, -0.1) is 5.10 Å². The molecule has 3 heterocycles. The number of hydrogen-bond donors (Lipinski definition) is 5. The molecule has 84 heavy (non-hydrogen) atoms. The van der Waals surface area contributed by atoms with Gasteiger partial charge in [0.15, 0.2) is 11.2 Å². The van der Waals surface area contributed by atoms with Crippen LogP contribution in [0.2, 0.25) is 0 Å². The van der Waals surface area contributed by atoms with Crippen LogP contribution in [0, 0.1) is 27.7 Å². The quantitative estimate of drug-likeness (QED) is 0.0399. The van der Waals surface area contributed by atoms with Crippen molar-refractivity contribution in [1.82, 2.24) is 30.1 Å². The molecule has 432 valence electrons. The molecule has 0 aliphatic carbocycles. The van der Waals surface area contributed by atoms with Crippen LogP contribution in [0.3, 0.4) is 0 Å². The van der Waals surface area contributed by atoms with E-state index in [0.717, 1.165) is 22.5 Å². The van der Waals surface area contributed by atoms with Crippen LogP contribution in [0.25, 0.3) is 0 Å². The Bertz CT molecular complexity index is 3370. The fourth-order valence-corrected chi connectivity index (χ4v) is 9.55. The molecule has 6 aromatic carbocycles. The predicted molar refractivity (Wildman–Crippen MR) is 313 cm³/mol. The maximum absolute atomic E-state index is 12.5. The number of rotatable bonds is 23. The van der Waals surface area contributed by atoms with E-state index in [-0.39, 0.29) is 36.9 Å². The van der Waals surface area contributed by atoms with E-state index in [2.05, 4.69) is 35.5 Å². The van der Waals surface area contributed by atoms with Crippen LogP contribution in [-0.4, -0.2) is 114 Å². The molecular weight excluding hydrogens is 1070 g/mol. The second-order valence-corrected chi connectivity index (χ2v) is 19.0. The van der Waals surface area contributed by atoms with E-state index in [4.69, 9.17) is 23.7 Å². The number of carboxylic acids is 3. The number of aliphatic hydroxyl groups is 1.